The third-order valence-corrected chi connectivity index (χ3v) is 6.35. The highest BCUT2D eigenvalue weighted by Gasteiger charge is 2.22. The van der Waals surface area contributed by atoms with E-state index < -0.39 is 34.5 Å². The number of ether oxygens (including phenoxy) is 2. The lowest BCUT2D eigenvalue weighted by molar-refractivity contribution is 0.0475. The van der Waals surface area contributed by atoms with Crippen LogP contribution in [0, 0.1) is 13.8 Å². The fraction of sp³-hybridized carbons (Fsp3) is 0.208. The normalized spacial score (nSPS) is 11.1. The largest absolute Gasteiger partial charge is 0.454 e. The number of nitrogens with zero attached hydrogens (tertiary/aromatic N) is 2. The van der Waals surface area contributed by atoms with Gasteiger partial charge in [-0.25, -0.2) is 23.1 Å². The van der Waals surface area contributed by atoms with E-state index in [-0.39, 0.29) is 16.1 Å². The van der Waals surface area contributed by atoms with Crippen molar-refractivity contribution in [1.82, 2.24) is 4.57 Å². The van der Waals surface area contributed by atoms with E-state index in [1.54, 1.807) is 54.8 Å². The van der Waals surface area contributed by atoms with Crippen LogP contribution in [0.2, 0.25) is 0 Å². The maximum atomic E-state index is 12.9. The number of benzene rings is 2. The van der Waals surface area contributed by atoms with Crippen LogP contribution < -0.4 is 10.0 Å². The van der Waals surface area contributed by atoms with Crippen molar-refractivity contribution in [3.05, 3.63) is 77.1 Å². The molecule has 0 fully saturated rings. The van der Waals surface area contributed by atoms with Gasteiger partial charge in [0.2, 0.25) is 15.8 Å². The Morgan fingerprint density at radius 2 is 1.63 bits per heavy atom. The predicted molar refractivity (Wildman–Crippen MR) is 128 cm³/mol. The second-order valence-corrected chi connectivity index (χ2v) is 9.27. The van der Waals surface area contributed by atoms with Gasteiger partial charge in [0, 0.05) is 29.7 Å². The molecule has 0 atom stereocenters. The van der Waals surface area contributed by atoms with Gasteiger partial charge < -0.3 is 14.0 Å². The van der Waals surface area contributed by atoms with Gasteiger partial charge in [-0.05, 0) is 56.3 Å². The second kappa shape index (κ2) is 10.1. The van der Waals surface area contributed by atoms with Gasteiger partial charge in [0.1, 0.15) is 0 Å². The first kappa shape index (κ1) is 25.7. The quantitative estimate of drug-likeness (QED) is 0.389. The van der Waals surface area contributed by atoms with Crippen LogP contribution in [0.4, 0.5) is 10.5 Å². The topological polar surface area (TPSA) is 138 Å². The summed E-state index contributed by atoms with van der Waals surface area (Å²) in [4.78, 5) is 38.6. The van der Waals surface area contributed by atoms with Gasteiger partial charge in [-0.1, -0.05) is 12.1 Å². The van der Waals surface area contributed by atoms with E-state index >= 15 is 0 Å². The third kappa shape index (κ3) is 5.42. The Kier molecular flexibility index (Phi) is 7.42. The molecule has 3 aromatic rings. The first-order valence-corrected chi connectivity index (χ1v) is 11.9. The highest BCUT2D eigenvalue weighted by Crippen LogP contribution is 2.24. The number of nitrogens with two attached hydrogens (primary N) is 1. The van der Waals surface area contributed by atoms with E-state index in [0.717, 1.165) is 10.6 Å². The minimum absolute atomic E-state index is 0.0231. The molecule has 0 aliphatic heterocycles. The first-order valence-electron chi connectivity index (χ1n) is 10.4. The molecule has 0 spiro atoms. The summed E-state index contributed by atoms with van der Waals surface area (Å²) in [6.45, 7) is 3.02. The number of amides is 1. The molecule has 0 aliphatic carbocycles. The van der Waals surface area contributed by atoms with Crippen LogP contribution in [-0.4, -0.2) is 51.6 Å². The molecule has 3 rings (SSSR count). The molecule has 184 valence electrons. The number of aryl methyl sites for hydroxylation is 1. The Bertz CT molecular complexity index is 1390. The van der Waals surface area contributed by atoms with Gasteiger partial charge in [0.15, 0.2) is 6.61 Å². The Labute approximate surface area is 202 Å². The molecular weight excluding hydrogens is 474 g/mol. The number of methoxy groups -OCH3 is 1. The fourth-order valence-corrected chi connectivity index (χ4v) is 4.20. The zero-order valence-electron chi connectivity index (χ0n) is 19.6. The van der Waals surface area contributed by atoms with Crippen molar-refractivity contribution in [2.45, 2.75) is 18.7 Å². The van der Waals surface area contributed by atoms with Crippen LogP contribution in [0.5, 0.6) is 0 Å². The molecule has 1 heterocycles. The standard InChI is InChI=1S/C24H25N3O7S/c1-15-13-20(16(2)27(15)17-9-11-18(12-10-17)35(25,31)32)22(28)14-34-23(29)19-7-5-6-8-21(19)26(3)24(30)33-4/h5-13H,14H2,1-4H3,(H2,25,31,32). The van der Waals surface area contributed by atoms with Crippen LogP contribution in [-0.2, 0) is 19.5 Å². The lowest BCUT2D eigenvalue weighted by Crippen LogP contribution is -2.28. The molecule has 2 aromatic carbocycles. The molecule has 0 unspecified atom stereocenters. The number of Topliss-reactive ketones (excluding diaryl/α,β-unsaturated/α-hetero) is 1. The number of rotatable bonds is 7. The van der Waals surface area contributed by atoms with E-state index in [0.29, 0.717) is 16.9 Å². The molecule has 0 aliphatic rings. The molecule has 0 saturated carbocycles. The number of hydrogen-bond donors (Lipinski definition) is 1. The number of hydrogen-bond acceptors (Lipinski definition) is 7. The molecule has 0 saturated heterocycles. The van der Waals surface area contributed by atoms with E-state index in [9.17, 15) is 22.8 Å². The highest BCUT2D eigenvalue weighted by molar-refractivity contribution is 7.89. The predicted octanol–water partition coefficient (Wildman–Crippen LogP) is 2.98. The van der Waals surface area contributed by atoms with Crippen LogP contribution in [0.3, 0.4) is 0 Å². The molecule has 2 N–H and O–H groups in total. The summed E-state index contributed by atoms with van der Waals surface area (Å²) in [7, 11) is -1.15. The minimum Gasteiger partial charge on any atom is -0.454 e. The summed E-state index contributed by atoms with van der Waals surface area (Å²) in [6, 6.07) is 13.9. The number of para-hydroxylation sites is 1. The van der Waals surface area contributed by atoms with Crippen molar-refractivity contribution in [1.29, 1.82) is 0 Å². The number of carbonyl (C=O) groups excluding carboxylic acids is 3. The van der Waals surface area contributed by atoms with E-state index in [2.05, 4.69) is 4.74 Å². The molecule has 11 heteroatoms. The average Bonchev–Trinajstić information content (AvgIpc) is 3.14. The lowest BCUT2D eigenvalue weighted by Gasteiger charge is -2.18. The smallest absolute Gasteiger partial charge is 0.413 e. The molecule has 35 heavy (non-hydrogen) atoms. The maximum Gasteiger partial charge on any atom is 0.413 e. The van der Waals surface area contributed by atoms with Crippen molar-refractivity contribution >= 4 is 33.6 Å². The van der Waals surface area contributed by atoms with Crippen molar-refractivity contribution in [2.75, 3.05) is 25.7 Å². The number of esters is 1. The Hall–Kier alpha value is -3.96. The van der Waals surface area contributed by atoms with Gasteiger partial charge in [-0.15, -0.1) is 0 Å². The van der Waals surface area contributed by atoms with Gasteiger partial charge in [0.25, 0.3) is 0 Å². The maximum absolute atomic E-state index is 12.9. The molecule has 1 amide bonds. The second-order valence-electron chi connectivity index (χ2n) is 7.70. The van der Waals surface area contributed by atoms with Crippen LogP contribution in [0.1, 0.15) is 32.1 Å². The Balaban J connectivity index is 1.79. The van der Waals surface area contributed by atoms with E-state index in [1.807, 2.05) is 0 Å². The number of ketones is 1. The van der Waals surface area contributed by atoms with Crippen molar-refractivity contribution in [3.63, 3.8) is 0 Å². The summed E-state index contributed by atoms with van der Waals surface area (Å²) in [5.41, 5.74) is 2.70. The number of anilines is 1. The number of sulfonamides is 1. The number of primary sulfonamides is 1. The average molecular weight is 500 g/mol. The highest BCUT2D eigenvalue weighted by atomic mass is 32.2. The van der Waals surface area contributed by atoms with Crippen molar-refractivity contribution < 1.29 is 32.3 Å². The molecular formula is C24H25N3O7S. The molecule has 10 nitrogen and oxygen atoms in total. The molecule has 1 aromatic heterocycles. The zero-order valence-corrected chi connectivity index (χ0v) is 20.5. The van der Waals surface area contributed by atoms with Crippen molar-refractivity contribution in [2.24, 2.45) is 5.14 Å². The van der Waals surface area contributed by atoms with E-state index in [4.69, 9.17) is 9.88 Å². The van der Waals surface area contributed by atoms with Gasteiger partial charge in [0.05, 0.1) is 23.3 Å². The third-order valence-electron chi connectivity index (χ3n) is 5.42. The Morgan fingerprint density at radius 3 is 2.23 bits per heavy atom. The summed E-state index contributed by atoms with van der Waals surface area (Å²) < 4.78 is 34.7. The molecule has 0 radical (unpaired) electrons. The molecule has 0 bridgehead atoms. The first-order chi connectivity index (χ1) is 16.5. The van der Waals surface area contributed by atoms with Gasteiger partial charge >= 0.3 is 12.1 Å². The summed E-state index contributed by atoms with van der Waals surface area (Å²) in [6.07, 6.45) is -0.661. The monoisotopic (exact) mass is 499 g/mol. The van der Waals surface area contributed by atoms with Crippen LogP contribution >= 0.6 is 0 Å². The van der Waals surface area contributed by atoms with Crippen LogP contribution in [0.25, 0.3) is 5.69 Å². The van der Waals surface area contributed by atoms with Crippen molar-refractivity contribution in [3.8, 4) is 5.69 Å². The van der Waals surface area contributed by atoms with E-state index in [1.165, 1.54) is 32.4 Å². The summed E-state index contributed by atoms with van der Waals surface area (Å²) in [5, 5.41) is 5.15. The van der Waals surface area contributed by atoms with Crippen LogP contribution in [0.15, 0.2) is 59.5 Å². The zero-order chi connectivity index (χ0) is 25.9. The lowest BCUT2D eigenvalue weighted by atomic mass is 10.1. The number of aromatic nitrogens is 1. The fourth-order valence-electron chi connectivity index (χ4n) is 3.69. The van der Waals surface area contributed by atoms with Gasteiger partial charge in [-0.2, -0.15) is 0 Å². The SMILES string of the molecule is COC(=O)N(C)c1ccccc1C(=O)OCC(=O)c1cc(C)n(-c2ccc(S(N)(=O)=O)cc2)c1C. The summed E-state index contributed by atoms with van der Waals surface area (Å²) in [5.74, 6) is -1.19. The number of carbonyl (C=O) groups is 3. The Morgan fingerprint density at radius 1 is 1.00 bits per heavy atom. The summed E-state index contributed by atoms with van der Waals surface area (Å²) >= 11 is 0. The van der Waals surface area contributed by atoms with Gasteiger partial charge in [-0.3, -0.25) is 9.69 Å². The minimum atomic E-state index is -3.82.